The minimum absolute atomic E-state index is 0.0270. The lowest BCUT2D eigenvalue weighted by molar-refractivity contribution is 0.0697. The van der Waals surface area contributed by atoms with Crippen LogP contribution in [0.25, 0.3) is 22.3 Å². The second-order valence-electron chi connectivity index (χ2n) is 11.0. The number of nitriles is 1. The van der Waals surface area contributed by atoms with E-state index in [4.69, 9.17) is 19.7 Å². The van der Waals surface area contributed by atoms with Crippen LogP contribution in [0.5, 0.6) is 5.88 Å². The number of hydrogen-bond donors (Lipinski definition) is 1. The van der Waals surface area contributed by atoms with Gasteiger partial charge in [-0.15, -0.1) is 0 Å². The number of aromatic carboxylic acids is 1. The zero-order chi connectivity index (χ0) is 33.8. The van der Waals surface area contributed by atoms with Gasteiger partial charge in [0.05, 0.1) is 46.6 Å². The first kappa shape index (κ1) is 32.0. The predicted octanol–water partition coefficient (Wildman–Crippen LogP) is 7.49. The minimum Gasteiger partial charge on any atom is -0.478 e. The molecule has 1 atom stereocenters. The summed E-state index contributed by atoms with van der Waals surface area (Å²) in [4.78, 5) is 20.8. The number of carboxylic acid groups (broad SMARTS) is 1. The van der Waals surface area contributed by atoms with E-state index in [2.05, 4.69) is 4.98 Å². The molecule has 11 heteroatoms. The van der Waals surface area contributed by atoms with Crippen LogP contribution in [-0.2, 0) is 17.8 Å². The summed E-state index contributed by atoms with van der Waals surface area (Å²) in [7, 11) is 1.55. The Balaban J connectivity index is 1.33. The standard InChI is InChI=1S/C37H27F3N4O4/c1-47-21-34(23-6-3-2-4-7-23)44-33-16-24(37(45)46)12-13-32(33)42-35(44)17-26-15-30(40)27(18-29(26)39)31-8-5-9-36(43-31)48-20-25-11-10-22(19-41)14-28(25)38/h2-16,18,34H,17,20-21H2,1H3,(H,45,46)/t34-/m1/s1. The Morgan fingerprint density at radius 2 is 1.69 bits per heavy atom. The van der Waals surface area contributed by atoms with E-state index in [9.17, 15) is 14.3 Å². The smallest absolute Gasteiger partial charge is 0.335 e. The van der Waals surface area contributed by atoms with Crippen molar-refractivity contribution in [1.82, 2.24) is 14.5 Å². The van der Waals surface area contributed by atoms with Crippen molar-refractivity contribution in [2.45, 2.75) is 19.1 Å². The van der Waals surface area contributed by atoms with Crippen molar-refractivity contribution in [3.8, 4) is 23.2 Å². The van der Waals surface area contributed by atoms with E-state index in [1.54, 1.807) is 19.2 Å². The Hall–Kier alpha value is -5.99. The van der Waals surface area contributed by atoms with E-state index < -0.39 is 29.5 Å². The third-order valence-electron chi connectivity index (χ3n) is 7.87. The van der Waals surface area contributed by atoms with E-state index in [0.717, 1.165) is 23.8 Å². The molecule has 0 aliphatic rings. The average molecular weight is 649 g/mol. The summed E-state index contributed by atoms with van der Waals surface area (Å²) in [6.07, 6.45) is -0.111. The lowest BCUT2D eigenvalue weighted by Gasteiger charge is -2.22. The molecule has 6 rings (SSSR count). The molecule has 0 bridgehead atoms. The van der Waals surface area contributed by atoms with Gasteiger partial charge in [0.25, 0.3) is 0 Å². The van der Waals surface area contributed by atoms with E-state index in [0.29, 0.717) is 16.9 Å². The van der Waals surface area contributed by atoms with Crippen LogP contribution in [0.4, 0.5) is 13.2 Å². The van der Waals surface area contributed by atoms with Gasteiger partial charge in [0.1, 0.15) is 29.9 Å². The lowest BCUT2D eigenvalue weighted by Crippen LogP contribution is -2.19. The molecule has 240 valence electrons. The highest BCUT2D eigenvalue weighted by atomic mass is 19.1. The second kappa shape index (κ2) is 13.8. The monoisotopic (exact) mass is 648 g/mol. The van der Waals surface area contributed by atoms with Crippen molar-refractivity contribution in [3.05, 3.63) is 148 Å². The van der Waals surface area contributed by atoms with Crippen molar-refractivity contribution in [2.24, 2.45) is 0 Å². The second-order valence-corrected chi connectivity index (χ2v) is 11.0. The number of hydrogen-bond acceptors (Lipinski definition) is 6. The molecule has 0 aliphatic heterocycles. The third-order valence-corrected chi connectivity index (χ3v) is 7.87. The molecule has 2 heterocycles. The first-order valence-corrected chi connectivity index (χ1v) is 14.8. The summed E-state index contributed by atoms with van der Waals surface area (Å²) in [6, 6.07) is 26.1. The highest BCUT2D eigenvalue weighted by Crippen LogP contribution is 2.31. The number of benzene rings is 4. The number of fused-ring (bicyclic) bond motifs is 1. The van der Waals surface area contributed by atoms with Gasteiger partial charge in [0.15, 0.2) is 0 Å². The van der Waals surface area contributed by atoms with Gasteiger partial charge in [-0.05, 0) is 59.7 Å². The van der Waals surface area contributed by atoms with Crippen LogP contribution in [0.2, 0.25) is 0 Å². The van der Waals surface area contributed by atoms with Gasteiger partial charge in [-0.2, -0.15) is 5.26 Å². The Morgan fingerprint density at radius 1 is 0.896 bits per heavy atom. The summed E-state index contributed by atoms with van der Waals surface area (Å²) in [6.45, 7) is 0.0171. The molecule has 0 fully saturated rings. The fourth-order valence-electron chi connectivity index (χ4n) is 5.52. The predicted molar refractivity (Wildman–Crippen MR) is 171 cm³/mol. The van der Waals surface area contributed by atoms with Gasteiger partial charge < -0.3 is 19.1 Å². The largest absolute Gasteiger partial charge is 0.478 e. The number of methoxy groups -OCH3 is 1. The molecule has 6 aromatic rings. The maximum absolute atomic E-state index is 15.8. The van der Waals surface area contributed by atoms with Crippen LogP contribution in [0.3, 0.4) is 0 Å². The summed E-state index contributed by atoms with van der Waals surface area (Å²) < 4.78 is 58.7. The van der Waals surface area contributed by atoms with Gasteiger partial charge in [-0.1, -0.05) is 42.5 Å². The SMILES string of the molecule is COC[C@H](c1ccccc1)n1c(Cc2cc(F)c(-c3cccc(OCc4ccc(C#N)cc4F)n3)cc2F)nc2ccc(C(=O)O)cc21. The van der Waals surface area contributed by atoms with Crippen molar-refractivity contribution in [1.29, 1.82) is 5.26 Å². The molecule has 0 saturated heterocycles. The zero-order valence-electron chi connectivity index (χ0n) is 25.5. The average Bonchev–Trinajstić information content (AvgIpc) is 3.45. The first-order chi connectivity index (χ1) is 23.2. The van der Waals surface area contributed by atoms with E-state index in [1.807, 2.05) is 41.0 Å². The van der Waals surface area contributed by atoms with Gasteiger partial charge in [0.2, 0.25) is 5.88 Å². The quantitative estimate of drug-likeness (QED) is 0.155. The molecule has 8 nitrogen and oxygen atoms in total. The molecule has 0 saturated carbocycles. The molecule has 0 spiro atoms. The van der Waals surface area contributed by atoms with Crippen LogP contribution in [0, 0.1) is 28.8 Å². The van der Waals surface area contributed by atoms with E-state index in [-0.39, 0.29) is 59.0 Å². The number of pyridine rings is 1. The van der Waals surface area contributed by atoms with Crippen molar-refractivity contribution < 1.29 is 32.5 Å². The minimum atomic E-state index is -1.11. The molecule has 0 amide bonds. The van der Waals surface area contributed by atoms with Gasteiger partial charge >= 0.3 is 5.97 Å². The Bertz CT molecular complexity index is 2180. The van der Waals surface area contributed by atoms with Crippen LogP contribution < -0.4 is 4.74 Å². The number of carbonyl (C=O) groups is 1. The molecule has 2 aromatic heterocycles. The van der Waals surface area contributed by atoms with Crippen LogP contribution in [0.15, 0.2) is 97.1 Å². The number of halogens is 3. The molecule has 1 N–H and O–H groups in total. The number of rotatable bonds is 11. The highest BCUT2D eigenvalue weighted by Gasteiger charge is 2.24. The number of aromatic nitrogens is 3. The van der Waals surface area contributed by atoms with Crippen LogP contribution >= 0.6 is 0 Å². The molecular weight excluding hydrogens is 621 g/mol. The topological polar surface area (TPSA) is 110 Å². The normalized spacial score (nSPS) is 11.7. The highest BCUT2D eigenvalue weighted by molar-refractivity contribution is 5.92. The summed E-state index contributed by atoms with van der Waals surface area (Å²) in [5, 5.41) is 18.6. The maximum Gasteiger partial charge on any atom is 0.335 e. The molecule has 0 unspecified atom stereocenters. The number of imidazole rings is 1. The van der Waals surface area contributed by atoms with E-state index in [1.165, 1.54) is 36.4 Å². The molecular formula is C37H27F3N4O4. The Labute approximate surface area is 273 Å². The summed E-state index contributed by atoms with van der Waals surface area (Å²) in [5.41, 5.74) is 2.32. The molecule has 48 heavy (non-hydrogen) atoms. The van der Waals surface area contributed by atoms with Gasteiger partial charge in [-0.25, -0.2) is 27.9 Å². The lowest BCUT2D eigenvalue weighted by atomic mass is 10.0. The van der Waals surface area contributed by atoms with Crippen LogP contribution in [0.1, 0.15) is 44.5 Å². The van der Waals surface area contributed by atoms with Gasteiger partial charge in [0, 0.05) is 30.7 Å². The van der Waals surface area contributed by atoms with Crippen molar-refractivity contribution in [2.75, 3.05) is 13.7 Å². The zero-order valence-corrected chi connectivity index (χ0v) is 25.5. The van der Waals surface area contributed by atoms with Crippen molar-refractivity contribution in [3.63, 3.8) is 0 Å². The fraction of sp³-hybridized carbons (Fsp3) is 0.135. The molecule has 0 aliphatic carbocycles. The number of nitrogens with zero attached hydrogens (tertiary/aromatic N) is 4. The van der Waals surface area contributed by atoms with Gasteiger partial charge in [-0.3, -0.25) is 0 Å². The summed E-state index contributed by atoms with van der Waals surface area (Å²) in [5.74, 6) is -2.70. The number of carboxylic acids is 1. The molecule has 4 aromatic carbocycles. The first-order valence-electron chi connectivity index (χ1n) is 14.8. The Kier molecular flexibility index (Phi) is 9.18. The number of ether oxygens (including phenoxy) is 2. The van der Waals surface area contributed by atoms with Crippen LogP contribution in [-0.4, -0.2) is 39.3 Å². The van der Waals surface area contributed by atoms with E-state index >= 15 is 8.78 Å². The maximum atomic E-state index is 15.8. The Morgan fingerprint density at radius 3 is 2.42 bits per heavy atom. The third kappa shape index (κ3) is 6.61. The summed E-state index contributed by atoms with van der Waals surface area (Å²) >= 11 is 0. The fourth-order valence-corrected chi connectivity index (χ4v) is 5.52. The van der Waals surface area contributed by atoms with Crippen molar-refractivity contribution >= 4 is 17.0 Å². The molecule has 0 radical (unpaired) electrons.